The minimum absolute atomic E-state index is 0.271. The summed E-state index contributed by atoms with van der Waals surface area (Å²) < 4.78 is 28.9. The Balaban J connectivity index is 1.47. The number of fused-ring (bicyclic) bond motifs is 1. The molecule has 1 fully saturated rings. The summed E-state index contributed by atoms with van der Waals surface area (Å²) in [6.45, 7) is 0. The van der Waals surface area contributed by atoms with Gasteiger partial charge in [-0.3, -0.25) is 9.99 Å². The van der Waals surface area contributed by atoms with Gasteiger partial charge in [-0.25, -0.2) is 4.39 Å². The third kappa shape index (κ3) is 5.05. The molecular weight excluding hydrogens is 552 g/mol. The second-order valence-electron chi connectivity index (χ2n) is 9.38. The van der Waals surface area contributed by atoms with E-state index in [-0.39, 0.29) is 5.56 Å². The molecule has 1 aromatic heterocycles. The summed E-state index contributed by atoms with van der Waals surface area (Å²) >= 11 is 13.1. The highest BCUT2D eigenvalue weighted by molar-refractivity contribution is 6.36. The molecule has 0 spiro atoms. The van der Waals surface area contributed by atoms with E-state index >= 15 is 0 Å². The third-order valence-electron chi connectivity index (χ3n) is 6.68. The summed E-state index contributed by atoms with van der Waals surface area (Å²) in [5.74, 6) is 0.00931. The van der Waals surface area contributed by atoms with Crippen LogP contribution in [0.1, 0.15) is 31.4 Å². The molecule has 0 radical (unpaired) electrons. The van der Waals surface area contributed by atoms with Crippen molar-refractivity contribution in [3.8, 4) is 11.8 Å². The zero-order valence-corrected chi connectivity index (χ0v) is 22.7. The molecule has 1 atom stereocenters. The van der Waals surface area contributed by atoms with E-state index < -0.39 is 11.8 Å². The second kappa shape index (κ2) is 10.7. The molecule has 0 saturated heterocycles. The molecule has 0 amide bonds. The molecule has 0 unspecified atom stereocenters. The van der Waals surface area contributed by atoms with Crippen molar-refractivity contribution in [2.75, 3.05) is 17.7 Å². The number of nitrogens with one attached hydrogen (secondary N) is 4. The van der Waals surface area contributed by atoms with Crippen molar-refractivity contribution >= 4 is 51.2 Å². The standard InChI is InChI=1S/C29H24Cl2FN7O/c1-40-29-22(30)3-2-4-24(29)36-26-17(13-33)14-34-28-21(26)11-19(12-23(28)31)35-27(16-5-7-18(32)8-6-16)25-15-39(38-37-25)20-9-10-20/h2-8,11-12,14-15,20,27,35,37-38H,9-10H2,1H3,(H,34,36)/t27-/m1/s1/i27D. The van der Waals surface area contributed by atoms with Crippen LogP contribution >= 0.6 is 23.2 Å². The molecule has 3 aromatic carbocycles. The first-order valence-electron chi connectivity index (χ1n) is 13.0. The zero-order valence-electron chi connectivity index (χ0n) is 22.2. The Hall–Kier alpha value is -4.23. The molecule has 0 bridgehead atoms. The van der Waals surface area contributed by atoms with Gasteiger partial charge in [0.25, 0.3) is 0 Å². The summed E-state index contributed by atoms with van der Waals surface area (Å²) in [4.78, 5) is 4.42. The number of ether oxygens (including phenoxy) is 1. The Morgan fingerprint density at radius 1 is 1.20 bits per heavy atom. The molecule has 8 nitrogen and oxygen atoms in total. The number of hydrogen-bond acceptors (Lipinski definition) is 8. The maximum absolute atomic E-state index is 13.8. The average molecular weight is 577 g/mol. The van der Waals surface area contributed by atoms with Gasteiger partial charge in [-0.2, -0.15) is 5.26 Å². The van der Waals surface area contributed by atoms with E-state index in [4.69, 9.17) is 27.9 Å². The fourth-order valence-corrected chi connectivity index (χ4v) is 5.08. The molecule has 1 saturated carbocycles. The first-order valence-corrected chi connectivity index (χ1v) is 13.2. The van der Waals surface area contributed by atoms with E-state index in [0.717, 1.165) is 12.8 Å². The van der Waals surface area contributed by atoms with E-state index in [1.807, 2.05) is 11.2 Å². The van der Waals surface area contributed by atoms with Crippen molar-refractivity contribution < 1.29 is 10.5 Å². The molecule has 2 aliphatic rings. The van der Waals surface area contributed by atoms with Crippen LogP contribution in [-0.4, -0.2) is 23.1 Å². The average Bonchev–Trinajstić information content (AvgIpc) is 3.69. The van der Waals surface area contributed by atoms with Gasteiger partial charge in [-0.15, -0.1) is 5.53 Å². The van der Waals surface area contributed by atoms with Crippen molar-refractivity contribution in [2.45, 2.75) is 24.9 Å². The summed E-state index contributed by atoms with van der Waals surface area (Å²) in [6, 6.07) is 15.4. The number of para-hydroxylation sites is 1. The molecule has 40 heavy (non-hydrogen) atoms. The predicted molar refractivity (Wildman–Crippen MR) is 155 cm³/mol. The minimum Gasteiger partial charge on any atom is -0.493 e. The Labute approximate surface area is 241 Å². The Morgan fingerprint density at radius 2 is 2.00 bits per heavy atom. The number of nitriles is 1. The minimum atomic E-state index is -1.56. The lowest BCUT2D eigenvalue weighted by atomic mass is 10.0. The van der Waals surface area contributed by atoms with Crippen LogP contribution in [0.2, 0.25) is 10.0 Å². The molecule has 1 aliphatic carbocycles. The number of pyridine rings is 1. The second-order valence-corrected chi connectivity index (χ2v) is 10.2. The van der Waals surface area contributed by atoms with Gasteiger partial charge in [0.15, 0.2) is 5.75 Å². The fraction of sp³-hybridized carbons (Fsp3) is 0.172. The third-order valence-corrected chi connectivity index (χ3v) is 7.26. The van der Waals surface area contributed by atoms with E-state index in [1.54, 1.807) is 42.5 Å². The summed E-state index contributed by atoms with van der Waals surface area (Å²) in [5.41, 5.74) is 9.41. The highest BCUT2D eigenvalue weighted by Crippen LogP contribution is 2.40. The zero-order chi connectivity index (χ0) is 28.7. The van der Waals surface area contributed by atoms with Crippen molar-refractivity contribution in [1.82, 2.24) is 21.0 Å². The highest BCUT2D eigenvalue weighted by atomic mass is 35.5. The van der Waals surface area contributed by atoms with Crippen LogP contribution in [0.3, 0.4) is 0 Å². The van der Waals surface area contributed by atoms with Crippen LogP contribution in [0.15, 0.2) is 72.7 Å². The van der Waals surface area contributed by atoms with Gasteiger partial charge in [0.1, 0.15) is 11.9 Å². The lowest BCUT2D eigenvalue weighted by Crippen LogP contribution is -2.38. The van der Waals surface area contributed by atoms with Crippen LogP contribution in [-0.2, 0) is 0 Å². The molecule has 11 heteroatoms. The largest absolute Gasteiger partial charge is 0.493 e. The van der Waals surface area contributed by atoms with E-state index in [1.165, 1.54) is 25.4 Å². The maximum atomic E-state index is 13.8. The van der Waals surface area contributed by atoms with Crippen LogP contribution in [0, 0.1) is 17.1 Å². The number of methoxy groups -OCH3 is 1. The van der Waals surface area contributed by atoms with E-state index in [2.05, 4.69) is 32.6 Å². The molecule has 1 aliphatic heterocycles. The lowest BCUT2D eigenvalue weighted by molar-refractivity contribution is 0.260. The van der Waals surface area contributed by atoms with E-state index in [9.17, 15) is 11.0 Å². The van der Waals surface area contributed by atoms with Crippen molar-refractivity contribution in [2.24, 2.45) is 0 Å². The van der Waals surface area contributed by atoms with Gasteiger partial charge < -0.3 is 20.8 Å². The molecule has 202 valence electrons. The maximum Gasteiger partial charge on any atom is 0.160 e. The van der Waals surface area contributed by atoms with Crippen LogP contribution in [0.5, 0.6) is 5.75 Å². The number of hydrogen-bond donors (Lipinski definition) is 4. The first kappa shape index (κ1) is 24.8. The smallest absolute Gasteiger partial charge is 0.160 e. The number of aromatic nitrogens is 1. The number of benzene rings is 3. The number of halogens is 3. The number of anilines is 3. The fourth-order valence-electron chi connectivity index (χ4n) is 4.56. The van der Waals surface area contributed by atoms with Crippen LogP contribution in [0.25, 0.3) is 10.9 Å². The van der Waals surface area contributed by atoms with Crippen molar-refractivity contribution in [3.63, 3.8) is 0 Å². The van der Waals surface area contributed by atoms with Gasteiger partial charge in [0.2, 0.25) is 0 Å². The highest BCUT2D eigenvalue weighted by Gasteiger charge is 2.32. The molecule has 4 aromatic rings. The summed E-state index contributed by atoms with van der Waals surface area (Å²) in [6.07, 6.45) is 5.39. The summed E-state index contributed by atoms with van der Waals surface area (Å²) in [7, 11) is 1.51. The van der Waals surface area contributed by atoms with E-state index in [0.29, 0.717) is 61.1 Å². The summed E-state index contributed by atoms with van der Waals surface area (Å²) in [5, 5.41) is 19.7. The van der Waals surface area contributed by atoms with Crippen molar-refractivity contribution in [3.05, 3.63) is 99.7 Å². The van der Waals surface area contributed by atoms with Crippen molar-refractivity contribution in [1.29, 1.82) is 5.26 Å². The molecule has 4 N–H and O–H groups in total. The van der Waals surface area contributed by atoms with Gasteiger partial charge in [0.05, 0.1) is 52.7 Å². The molecule has 2 heterocycles. The van der Waals surface area contributed by atoms with Crippen LogP contribution in [0.4, 0.5) is 21.5 Å². The Bertz CT molecular complexity index is 1730. The van der Waals surface area contributed by atoms with Gasteiger partial charge in [0, 0.05) is 29.5 Å². The SMILES string of the molecule is [2H][C@](Nc1cc(Cl)c2ncc(C#N)c(Nc3cccc(Cl)c3OC)c2c1)(C1=CN(C2CC2)NN1)c1ccc(F)cc1. The Kier molecular flexibility index (Phi) is 6.65. The lowest BCUT2D eigenvalue weighted by Gasteiger charge is -2.22. The van der Waals surface area contributed by atoms with Gasteiger partial charge in [-0.1, -0.05) is 41.4 Å². The van der Waals surface area contributed by atoms with Crippen LogP contribution < -0.4 is 26.3 Å². The quantitative estimate of drug-likeness (QED) is 0.182. The van der Waals surface area contributed by atoms with Gasteiger partial charge >= 0.3 is 0 Å². The predicted octanol–water partition coefficient (Wildman–Crippen LogP) is 6.79. The topological polar surface area (TPSA) is 97.3 Å². The monoisotopic (exact) mass is 576 g/mol. The number of hydrazine groups is 2. The first-order chi connectivity index (χ1) is 19.8. The number of rotatable bonds is 8. The normalized spacial score (nSPS) is 16.4. The number of nitrogens with zero attached hydrogens (tertiary/aromatic N) is 3. The Morgan fingerprint density at radius 3 is 2.73 bits per heavy atom. The van der Waals surface area contributed by atoms with Gasteiger partial charge in [-0.05, 0) is 54.8 Å². The molecule has 6 rings (SSSR count). The molecular formula is C29H24Cl2FN7O.